The molecule has 0 saturated carbocycles. The van der Waals surface area contributed by atoms with Gasteiger partial charge in [-0.25, -0.2) is 10.9 Å². The Balaban J connectivity index is 1.62. The maximum atomic E-state index is 13.6. The van der Waals surface area contributed by atoms with Crippen molar-refractivity contribution in [3.8, 4) is 5.75 Å². The van der Waals surface area contributed by atoms with Gasteiger partial charge >= 0.3 is 0 Å². The lowest BCUT2D eigenvalue weighted by Crippen LogP contribution is -2.41. The third-order valence-electron chi connectivity index (χ3n) is 6.11. The summed E-state index contributed by atoms with van der Waals surface area (Å²) in [6.07, 6.45) is 0. The van der Waals surface area contributed by atoms with Crippen molar-refractivity contribution >= 4 is 39.1 Å². The van der Waals surface area contributed by atoms with Crippen molar-refractivity contribution in [2.75, 3.05) is 12.0 Å². The van der Waals surface area contributed by atoms with E-state index in [1.54, 1.807) is 7.11 Å². The van der Waals surface area contributed by atoms with Crippen LogP contribution in [0.5, 0.6) is 5.75 Å². The van der Waals surface area contributed by atoms with E-state index in [-0.39, 0.29) is 30.0 Å². The highest BCUT2D eigenvalue weighted by atomic mass is 79.9. The molecule has 3 aromatic carbocycles. The lowest BCUT2D eigenvalue weighted by molar-refractivity contribution is -0.119. The fraction of sp³-hybridized carbons (Fsp3) is 0.208. The molecular weight excluding hydrogens is 478 g/mol. The molecule has 0 radical (unpaired) electrons. The number of hydrogen-bond acceptors (Lipinski definition) is 4. The monoisotopic (exact) mass is 497 g/mol. The largest absolute Gasteiger partial charge is 0.497 e. The summed E-state index contributed by atoms with van der Waals surface area (Å²) in [6, 6.07) is 22.9. The summed E-state index contributed by atoms with van der Waals surface area (Å²) in [4.78, 5) is 15.5. The zero-order chi connectivity index (χ0) is 21.5. The average molecular weight is 499 g/mol. The van der Waals surface area contributed by atoms with Gasteiger partial charge in [-0.15, -0.1) is 0 Å². The van der Waals surface area contributed by atoms with Gasteiger partial charge in [0.15, 0.2) is 0 Å². The predicted molar refractivity (Wildman–Crippen MR) is 125 cm³/mol. The second kappa shape index (κ2) is 8.28. The van der Waals surface area contributed by atoms with Gasteiger partial charge in [-0.2, -0.15) is 0 Å². The van der Waals surface area contributed by atoms with Crippen LogP contribution in [-0.2, 0) is 4.79 Å². The Labute approximate surface area is 194 Å². The molecule has 4 unspecified atom stereocenters. The van der Waals surface area contributed by atoms with Crippen molar-refractivity contribution in [1.29, 1.82) is 0 Å². The van der Waals surface area contributed by atoms with E-state index in [2.05, 4.69) is 26.8 Å². The predicted octanol–water partition coefficient (Wildman–Crippen LogP) is 5.03. The van der Waals surface area contributed by atoms with E-state index < -0.39 is 0 Å². The van der Waals surface area contributed by atoms with Crippen molar-refractivity contribution in [3.63, 3.8) is 0 Å². The Morgan fingerprint density at radius 3 is 2.29 bits per heavy atom. The minimum atomic E-state index is -0.364. The van der Waals surface area contributed by atoms with Crippen LogP contribution in [0, 0.1) is 5.92 Å². The van der Waals surface area contributed by atoms with Gasteiger partial charge in [-0.3, -0.25) is 4.79 Å². The van der Waals surface area contributed by atoms with Crippen LogP contribution in [-0.4, -0.2) is 19.1 Å². The summed E-state index contributed by atoms with van der Waals surface area (Å²) in [5.74, 6) is 0.776. The molecule has 7 heteroatoms. The normalized spacial score (nSPS) is 25.0. The van der Waals surface area contributed by atoms with Crippen molar-refractivity contribution in [2.45, 2.75) is 18.1 Å². The number of rotatable bonds is 4. The van der Waals surface area contributed by atoms with Crippen LogP contribution in [0.4, 0.5) is 5.69 Å². The van der Waals surface area contributed by atoms with Gasteiger partial charge in [0, 0.05) is 21.1 Å². The number of nitrogens with zero attached hydrogens (tertiary/aromatic N) is 1. The summed E-state index contributed by atoms with van der Waals surface area (Å²) in [6.45, 7) is 0. The van der Waals surface area contributed by atoms with E-state index in [1.165, 1.54) is 0 Å². The van der Waals surface area contributed by atoms with Crippen LogP contribution in [0.3, 0.4) is 0 Å². The third kappa shape index (κ3) is 3.53. The number of benzene rings is 3. The lowest BCUT2D eigenvalue weighted by Gasteiger charge is -2.32. The van der Waals surface area contributed by atoms with E-state index in [4.69, 9.17) is 16.3 Å². The van der Waals surface area contributed by atoms with E-state index in [1.807, 2.05) is 77.7 Å². The standard InChI is InChI=1S/C24H21BrClN3O2/c1-31-17-12-6-14(7-13-17)21-20-22(28-27-21)24(30)29(16-10-8-15(25)9-11-16)23(20)18-4-2-3-5-19(18)26/h2-13,20-23,27-28H,1H3. The minimum Gasteiger partial charge on any atom is -0.497 e. The average Bonchev–Trinajstić information content (AvgIpc) is 3.34. The molecular formula is C24H21BrClN3O2. The molecule has 0 aliphatic carbocycles. The Bertz CT molecular complexity index is 1110. The first-order valence-electron chi connectivity index (χ1n) is 10.1. The summed E-state index contributed by atoms with van der Waals surface area (Å²) in [5.41, 5.74) is 9.48. The topological polar surface area (TPSA) is 53.6 Å². The maximum Gasteiger partial charge on any atom is 0.246 e. The van der Waals surface area contributed by atoms with Crippen LogP contribution < -0.4 is 20.5 Å². The molecule has 5 nitrogen and oxygen atoms in total. The number of hydrogen-bond donors (Lipinski definition) is 2. The van der Waals surface area contributed by atoms with Gasteiger partial charge < -0.3 is 9.64 Å². The Kier molecular flexibility index (Phi) is 5.48. The highest BCUT2D eigenvalue weighted by Gasteiger charge is 2.56. The van der Waals surface area contributed by atoms with Gasteiger partial charge in [0.1, 0.15) is 11.8 Å². The van der Waals surface area contributed by atoms with Crippen LogP contribution >= 0.6 is 27.5 Å². The van der Waals surface area contributed by atoms with E-state index in [9.17, 15) is 4.79 Å². The molecule has 0 bridgehead atoms. The van der Waals surface area contributed by atoms with Crippen LogP contribution in [0.1, 0.15) is 23.2 Å². The van der Waals surface area contributed by atoms with Crippen molar-refractivity contribution in [2.24, 2.45) is 5.92 Å². The minimum absolute atomic E-state index is 0.0285. The number of amides is 1. The molecule has 2 aliphatic rings. The number of halogens is 2. The molecule has 3 aromatic rings. The molecule has 31 heavy (non-hydrogen) atoms. The number of anilines is 1. The first kappa shape index (κ1) is 20.5. The Hall–Kier alpha value is -2.38. The van der Waals surface area contributed by atoms with Gasteiger partial charge in [0.2, 0.25) is 5.91 Å². The van der Waals surface area contributed by atoms with Gasteiger partial charge in [-0.05, 0) is 53.6 Å². The van der Waals surface area contributed by atoms with Crippen molar-refractivity contribution in [3.05, 3.63) is 93.4 Å². The van der Waals surface area contributed by atoms with Crippen molar-refractivity contribution in [1.82, 2.24) is 10.9 Å². The fourth-order valence-electron chi connectivity index (χ4n) is 4.68. The molecule has 1 amide bonds. The van der Waals surface area contributed by atoms with Crippen molar-refractivity contribution < 1.29 is 9.53 Å². The highest BCUT2D eigenvalue weighted by molar-refractivity contribution is 9.10. The molecule has 0 spiro atoms. The first-order chi connectivity index (χ1) is 15.1. The summed E-state index contributed by atoms with van der Waals surface area (Å²) >= 11 is 10.1. The van der Waals surface area contributed by atoms with Crippen LogP contribution in [0.2, 0.25) is 5.02 Å². The second-order valence-electron chi connectivity index (χ2n) is 7.75. The van der Waals surface area contributed by atoms with Gasteiger partial charge in [0.25, 0.3) is 0 Å². The number of nitrogens with one attached hydrogen (secondary N) is 2. The number of methoxy groups -OCH3 is 1. The van der Waals surface area contributed by atoms with Crippen LogP contribution in [0.15, 0.2) is 77.3 Å². The molecule has 0 aromatic heterocycles. The molecule has 2 heterocycles. The number of carbonyl (C=O) groups excluding carboxylic acids is 1. The first-order valence-corrected chi connectivity index (χ1v) is 11.2. The van der Waals surface area contributed by atoms with E-state index >= 15 is 0 Å². The maximum absolute atomic E-state index is 13.6. The molecule has 158 valence electrons. The molecule has 2 fully saturated rings. The lowest BCUT2D eigenvalue weighted by atomic mass is 9.83. The molecule has 4 atom stereocenters. The number of hydrazine groups is 1. The highest BCUT2D eigenvalue weighted by Crippen LogP contribution is 2.50. The molecule has 2 N–H and O–H groups in total. The molecule has 5 rings (SSSR count). The Morgan fingerprint density at radius 2 is 1.61 bits per heavy atom. The zero-order valence-electron chi connectivity index (χ0n) is 16.8. The number of carbonyl (C=O) groups is 1. The smallest absolute Gasteiger partial charge is 0.246 e. The zero-order valence-corrected chi connectivity index (χ0v) is 19.1. The van der Waals surface area contributed by atoms with Gasteiger partial charge in [-0.1, -0.05) is 57.9 Å². The van der Waals surface area contributed by atoms with Gasteiger partial charge in [0.05, 0.1) is 19.2 Å². The molecule has 2 aliphatic heterocycles. The fourth-order valence-corrected chi connectivity index (χ4v) is 5.19. The third-order valence-corrected chi connectivity index (χ3v) is 6.99. The SMILES string of the molecule is COc1ccc(C2NNC3C(=O)N(c4ccc(Br)cc4)C(c4ccccc4Cl)C32)cc1. The van der Waals surface area contributed by atoms with Crippen LogP contribution in [0.25, 0.3) is 0 Å². The van der Waals surface area contributed by atoms with E-state index in [0.29, 0.717) is 5.02 Å². The Morgan fingerprint density at radius 1 is 0.935 bits per heavy atom. The second-order valence-corrected chi connectivity index (χ2v) is 9.07. The number of ether oxygens (including phenoxy) is 1. The number of fused-ring (bicyclic) bond motifs is 1. The summed E-state index contributed by atoms with van der Waals surface area (Å²) < 4.78 is 6.27. The quantitative estimate of drug-likeness (QED) is 0.530. The summed E-state index contributed by atoms with van der Waals surface area (Å²) in [7, 11) is 1.65. The van der Waals surface area contributed by atoms with E-state index in [0.717, 1.165) is 27.0 Å². The summed E-state index contributed by atoms with van der Waals surface area (Å²) in [5, 5.41) is 0.656. The molecule has 2 saturated heterocycles.